The number of carbonyl (C=O) groups is 2. The number of nitrogens with one attached hydrogen (secondary N) is 1. The van der Waals surface area contributed by atoms with Crippen molar-refractivity contribution in [2.75, 3.05) is 26.3 Å². The zero-order valence-corrected chi connectivity index (χ0v) is 14.8. The lowest BCUT2D eigenvalue weighted by Gasteiger charge is -2.30. The molecule has 1 aromatic carbocycles. The molecule has 2 amide bonds. The van der Waals surface area contributed by atoms with E-state index in [1.807, 2.05) is 37.3 Å². The van der Waals surface area contributed by atoms with Gasteiger partial charge in [0.05, 0.1) is 13.2 Å². The molecule has 0 bridgehead atoms. The number of carbonyl (C=O) groups excluding carboxylic acids is 2. The number of halogens is 1. The second-order valence-electron chi connectivity index (χ2n) is 5.69. The van der Waals surface area contributed by atoms with Gasteiger partial charge in [0, 0.05) is 25.6 Å². The highest BCUT2D eigenvalue weighted by atomic mass is 35.5. The van der Waals surface area contributed by atoms with E-state index in [0.717, 1.165) is 5.56 Å². The van der Waals surface area contributed by atoms with Crippen LogP contribution in [0, 0.1) is 0 Å². The summed E-state index contributed by atoms with van der Waals surface area (Å²) in [5, 5.41) is 2.81. The van der Waals surface area contributed by atoms with Crippen LogP contribution in [-0.4, -0.2) is 49.1 Å². The Kier molecular flexibility index (Phi) is 8.74. The normalized spacial score (nSPS) is 16.7. The second-order valence-corrected chi connectivity index (χ2v) is 5.69. The standard InChI is InChI=1S/C17H25N3O3.ClH/c1-2-15(17(22)20-8-10-23-11-9-20)19-16(21)12-14(18)13-6-4-3-5-7-13;/h3-7,14-15H,2,8-12,18H2,1H3,(H,19,21);1H. The zero-order chi connectivity index (χ0) is 16.7. The first-order valence-corrected chi connectivity index (χ1v) is 8.08. The van der Waals surface area contributed by atoms with Crippen molar-refractivity contribution in [3.8, 4) is 0 Å². The Balaban J connectivity index is 0.00000288. The van der Waals surface area contributed by atoms with E-state index in [1.54, 1.807) is 4.90 Å². The predicted molar refractivity (Wildman–Crippen MR) is 94.9 cm³/mol. The second kappa shape index (κ2) is 10.3. The van der Waals surface area contributed by atoms with Crippen LogP contribution in [0.15, 0.2) is 30.3 Å². The van der Waals surface area contributed by atoms with Crippen LogP contribution in [0.1, 0.15) is 31.4 Å². The topological polar surface area (TPSA) is 84.7 Å². The highest BCUT2D eigenvalue weighted by Crippen LogP contribution is 2.13. The molecule has 1 aliphatic rings. The molecule has 2 atom stereocenters. The molecule has 0 spiro atoms. The van der Waals surface area contributed by atoms with Crippen molar-refractivity contribution >= 4 is 24.2 Å². The van der Waals surface area contributed by atoms with E-state index in [2.05, 4.69) is 5.32 Å². The molecular weight excluding hydrogens is 330 g/mol. The van der Waals surface area contributed by atoms with Crippen LogP contribution in [0.3, 0.4) is 0 Å². The maximum Gasteiger partial charge on any atom is 0.245 e. The summed E-state index contributed by atoms with van der Waals surface area (Å²) in [7, 11) is 0. The van der Waals surface area contributed by atoms with E-state index in [4.69, 9.17) is 10.5 Å². The molecule has 1 aromatic rings. The minimum absolute atomic E-state index is 0. The molecule has 0 saturated carbocycles. The van der Waals surface area contributed by atoms with Crippen LogP contribution >= 0.6 is 12.4 Å². The van der Waals surface area contributed by atoms with Crippen molar-refractivity contribution in [1.82, 2.24) is 10.2 Å². The third kappa shape index (κ3) is 5.78. The summed E-state index contributed by atoms with van der Waals surface area (Å²) in [4.78, 5) is 26.4. The molecular formula is C17H26ClN3O3. The summed E-state index contributed by atoms with van der Waals surface area (Å²) < 4.78 is 5.25. The first kappa shape index (κ1) is 20.4. The maximum absolute atomic E-state index is 12.4. The first-order valence-electron chi connectivity index (χ1n) is 8.08. The average molecular weight is 356 g/mol. The van der Waals surface area contributed by atoms with Crippen LogP contribution in [0.25, 0.3) is 0 Å². The van der Waals surface area contributed by atoms with Crippen LogP contribution in [0.5, 0.6) is 0 Å². The maximum atomic E-state index is 12.4. The van der Waals surface area contributed by atoms with Crippen molar-refractivity contribution in [2.45, 2.75) is 31.8 Å². The van der Waals surface area contributed by atoms with Crippen LogP contribution in [0.2, 0.25) is 0 Å². The summed E-state index contributed by atoms with van der Waals surface area (Å²) in [5.74, 6) is -0.243. The van der Waals surface area contributed by atoms with Crippen molar-refractivity contribution in [1.29, 1.82) is 0 Å². The molecule has 0 aromatic heterocycles. The summed E-state index contributed by atoms with van der Waals surface area (Å²) in [6.07, 6.45) is 0.722. The quantitative estimate of drug-likeness (QED) is 0.804. The average Bonchev–Trinajstić information content (AvgIpc) is 2.60. The van der Waals surface area contributed by atoms with Gasteiger partial charge in [-0.25, -0.2) is 0 Å². The van der Waals surface area contributed by atoms with Gasteiger partial charge in [-0.3, -0.25) is 9.59 Å². The molecule has 24 heavy (non-hydrogen) atoms. The van der Waals surface area contributed by atoms with Crippen LogP contribution in [-0.2, 0) is 14.3 Å². The van der Waals surface area contributed by atoms with Crippen molar-refractivity contribution in [2.24, 2.45) is 5.73 Å². The third-order valence-corrected chi connectivity index (χ3v) is 4.00. The fourth-order valence-corrected chi connectivity index (χ4v) is 2.61. The number of hydrogen-bond donors (Lipinski definition) is 2. The first-order chi connectivity index (χ1) is 11.1. The summed E-state index contributed by atoms with van der Waals surface area (Å²) >= 11 is 0. The van der Waals surface area contributed by atoms with E-state index in [1.165, 1.54) is 0 Å². The molecule has 134 valence electrons. The van der Waals surface area contributed by atoms with Crippen LogP contribution in [0.4, 0.5) is 0 Å². The van der Waals surface area contributed by atoms with E-state index < -0.39 is 6.04 Å². The number of nitrogens with two attached hydrogens (primary N) is 1. The van der Waals surface area contributed by atoms with Gasteiger partial charge in [-0.05, 0) is 12.0 Å². The Bertz CT molecular complexity index is 521. The Labute approximate surface area is 149 Å². The molecule has 7 heteroatoms. The van der Waals surface area contributed by atoms with Gasteiger partial charge in [0.25, 0.3) is 0 Å². The van der Waals surface area contributed by atoms with Gasteiger partial charge in [-0.15, -0.1) is 12.4 Å². The SMILES string of the molecule is CCC(NC(=O)CC(N)c1ccccc1)C(=O)N1CCOCC1.Cl. The Hall–Kier alpha value is -1.63. The number of rotatable bonds is 6. The molecule has 3 N–H and O–H groups in total. The van der Waals surface area contributed by atoms with Gasteiger partial charge in [0.1, 0.15) is 6.04 Å². The molecule has 6 nitrogen and oxygen atoms in total. The molecule has 0 aliphatic carbocycles. The predicted octanol–water partition coefficient (Wildman–Crippen LogP) is 1.25. The van der Waals surface area contributed by atoms with Gasteiger partial charge in [0.2, 0.25) is 11.8 Å². The van der Waals surface area contributed by atoms with Gasteiger partial charge in [-0.1, -0.05) is 37.3 Å². The molecule has 0 radical (unpaired) electrons. The smallest absolute Gasteiger partial charge is 0.245 e. The molecule has 1 heterocycles. The Morgan fingerprint density at radius 2 is 1.88 bits per heavy atom. The molecule has 1 saturated heterocycles. The van der Waals surface area contributed by atoms with Crippen molar-refractivity contribution in [3.05, 3.63) is 35.9 Å². The lowest BCUT2D eigenvalue weighted by atomic mass is 10.0. The largest absolute Gasteiger partial charge is 0.378 e. The van der Waals surface area contributed by atoms with E-state index in [0.29, 0.717) is 32.7 Å². The lowest BCUT2D eigenvalue weighted by Crippen LogP contribution is -2.51. The number of hydrogen-bond acceptors (Lipinski definition) is 4. The van der Waals surface area contributed by atoms with E-state index in [9.17, 15) is 9.59 Å². The minimum atomic E-state index is -0.497. The molecule has 1 fully saturated rings. The Morgan fingerprint density at radius 3 is 2.46 bits per heavy atom. The zero-order valence-electron chi connectivity index (χ0n) is 13.9. The molecule has 2 unspecified atom stereocenters. The molecule has 2 rings (SSSR count). The third-order valence-electron chi connectivity index (χ3n) is 4.00. The number of morpholine rings is 1. The van der Waals surface area contributed by atoms with Crippen LogP contribution < -0.4 is 11.1 Å². The van der Waals surface area contributed by atoms with Gasteiger partial charge in [0.15, 0.2) is 0 Å². The fraction of sp³-hybridized carbons (Fsp3) is 0.529. The highest BCUT2D eigenvalue weighted by molar-refractivity contribution is 5.88. The monoisotopic (exact) mass is 355 g/mol. The number of benzene rings is 1. The van der Waals surface area contributed by atoms with Gasteiger partial charge in [-0.2, -0.15) is 0 Å². The van der Waals surface area contributed by atoms with Crippen molar-refractivity contribution < 1.29 is 14.3 Å². The van der Waals surface area contributed by atoms with E-state index in [-0.39, 0.29) is 36.7 Å². The number of ether oxygens (including phenoxy) is 1. The summed E-state index contributed by atoms with van der Waals surface area (Å²) in [6, 6.07) is 8.62. The summed E-state index contributed by atoms with van der Waals surface area (Å²) in [6.45, 7) is 4.15. The highest BCUT2D eigenvalue weighted by Gasteiger charge is 2.26. The minimum Gasteiger partial charge on any atom is -0.378 e. The summed E-state index contributed by atoms with van der Waals surface area (Å²) in [5.41, 5.74) is 6.97. The Morgan fingerprint density at radius 1 is 1.25 bits per heavy atom. The van der Waals surface area contributed by atoms with Gasteiger partial charge < -0.3 is 20.7 Å². The lowest BCUT2D eigenvalue weighted by molar-refractivity contribution is -0.140. The number of nitrogens with zero attached hydrogens (tertiary/aromatic N) is 1. The number of amides is 2. The van der Waals surface area contributed by atoms with E-state index >= 15 is 0 Å². The van der Waals surface area contributed by atoms with Gasteiger partial charge >= 0.3 is 0 Å². The fourth-order valence-electron chi connectivity index (χ4n) is 2.61. The van der Waals surface area contributed by atoms with Crippen molar-refractivity contribution in [3.63, 3.8) is 0 Å². The molecule has 1 aliphatic heterocycles.